The molecule has 0 radical (unpaired) electrons. The van der Waals surface area contributed by atoms with E-state index in [4.69, 9.17) is 0 Å². The minimum Gasteiger partial charge on any atom is -1.00 e. The van der Waals surface area contributed by atoms with Crippen LogP contribution in [0.2, 0.25) is 0 Å². The zero-order valence-electron chi connectivity index (χ0n) is 29.9. The van der Waals surface area contributed by atoms with Crippen LogP contribution in [0.25, 0.3) is 0 Å². The second-order valence-electron chi connectivity index (χ2n) is 16.6. The van der Waals surface area contributed by atoms with E-state index in [0.29, 0.717) is 0 Å². The monoisotopic (exact) mass is 612 g/mol. The van der Waals surface area contributed by atoms with Crippen LogP contribution in [0.4, 0.5) is 0 Å². The molecule has 2 aromatic carbocycles. The van der Waals surface area contributed by atoms with Gasteiger partial charge in [-0.3, -0.25) is 0 Å². The highest BCUT2D eigenvalue weighted by molar-refractivity contribution is 7.72. The van der Waals surface area contributed by atoms with Crippen LogP contribution in [0, 0.1) is 0 Å². The third kappa shape index (κ3) is 11.8. The Morgan fingerprint density at radius 1 is 0.500 bits per heavy atom. The molecule has 0 aliphatic carbocycles. The molecule has 42 heavy (non-hydrogen) atoms. The van der Waals surface area contributed by atoms with Crippen LogP contribution in [-0.4, -0.2) is 5.80 Å². The van der Waals surface area contributed by atoms with Gasteiger partial charge in [0.05, 0.1) is 5.80 Å². The van der Waals surface area contributed by atoms with Crippen LogP contribution < -0.4 is 23.0 Å². The minimum absolute atomic E-state index is 0. The highest BCUT2D eigenvalue weighted by Crippen LogP contribution is 2.38. The van der Waals surface area contributed by atoms with Gasteiger partial charge >= 0.3 is 0 Å². The minimum atomic E-state index is -0.577. The van der Waals surface area contributed by atoms with Crippen molar-refractivity contribution in [1.29, 1.82) is 0 Å². The van der Waals surface area contributed by atoms with Gasteiger partial charge in [0.25, 0.3) is 0 Å². The van der Waals surface area contributed by atoms with E-state index in [-0.39, 0.29) is 34.1 Å². The van der Waals surface area contributed by atoms with Crippen LogP contribution in [0.15, 0.2) is 36.4 Å². The molecule has 0 saturated carbocycles. The maximum Gasteiger partial charge on any atom is 0.166 e. The molecule has 0 fully saturated rings. The summed E-state index contributed by atoms with van der Waals surface area (Å²) in [6.07, 6.45) is 13.7. The molecule has 2 aromatic rings. The molecule has 0 spiro atoms. The van der Waals surface area contributed by atoms with Gasteiger partial charge in [-0.2, -0.15) is 0 Å². The van der Waals surface area contributed by atoms with E-state index in [0.717, 1.165) is 0 Å². The molecular formula is C40H66ClP. The van der Waals surface area contributed by atoms with Crippen molar-refractivity contribution < 1.29 is 12.4 Å². The van der Waals surface area contributed by atoms with E-state index in [9.17, 15) is 0 Å². The summed E-state index contributed by atoms with van der Waals surface area (Å²) in [5, 5.41) is 3.12. The second-order valence-corrected chi connectivity index (χ2v) is 18.7. The first-order valence-electron chi connectivity index (χ1n) is 16.8. The predicted octanol–water partition coefficient (Wildman–Crippen LogP) is 9.04. The van der Waals surface area contributed by atoms with Crippen LogP contribution in [0.1, 0.15) is 176 Å². The Balaban J connectivity index is 0.00000882. The van der Waals surface area contributed by atoms with Gasteiger partial charge in [0.1, 0.15) is 0 Å². The SMILES string of the molecule is CCCCCCCCCCCC=[P+](c1ccc(C(C)(C)C)cc1C(C)(C)C)c1ccc(C(C)(C)C)cc1C(C)(C)C.[Cl-]. The molecule has 0 N–H and O–H groups in total. The predicted molar refractivity (Wildman–Crippen MR) is 192 cm³/mol. The Morgan fingerprint density at radius 2 is 0.857 bits per heavy atom. The third-order valence-electron chi connectivity index (χ3n) is 8.48. The lowest BCUT2D eigenvalue weighted by molar-refractivity contribution is -0.0000104. The first-order valence-corrected chi connectivity index (χ1v) is 18.2. The van der Waals surface area contributed by atoms with E-state index in [1.54, 1.807) is 10.6 Å². The van der Waals surface area contributed by atoms with Crippen molar-refractivity contribution in [3.8, 4) is 0 Å². The second kappa shape index (κ2) is 16.3. The topological polar surface area (TPSA) is 0 Å². The Kier molecular flexibility index (Phi) is 15.1. The maximum atomic E-state index is 2.74. The molecule has 2 rings (SSSR count). The molecule has 0 heterocycles. The summed E-state index contributed by atoms with van der Waals surface area (Å²) in [7, 11) is -0.577. The van der Waals surface area contributed by atoms with Crippen molar-refractivity contribution in [2.45, 2.75) is 176 Å². The van der Waals surface area contributed by atoms with Gasteiger partial charge in [-0.15, -0.1) is 0 Å². The summed E-state index contributed by atoms with van der Waals surface area (Å²) in [4.78, 5) is 0. The molecule has 0 bridgehead atoms. The summed E-state index contributed by atoms with van der Waals surface area (Å²) >= 11 is 0. The Bertz CT molecular complexity index is 1050. The molecule has 0 amide bonds. The standard InChI is InChI=1S/C40H66P.ClH/c1-14-15-16-17-18-19-20-21-22-23-28-41(35-26-24-31(37(2,3)4)29-33(35)39(8,9)10)36-27-25-32(38(5,6)7)30-34(36)40(11,12)13;/h24-30H,14-23H2,1-13H3;1H/q+1;/p-1. The van der Waals surface area contributed by atoms with Crippen molar-refractivity contribution in [3.63, 3.8) is 0 Å². The molecule has 2 heteroatoms. The average molecular weight is 613 g/mol. The van der Waals surface area contributed by atoms with Crippen LogP contribution in [0.5, 0.6) is 0 Å². The lowest BCUT2D eigenvalue weighted by atomic mass is 9.80. The van der Waals surface area contributed by atoms with Crippen LogP contribution in [-0.2, 0) is 21.7 Å². The lowest BCUT2D eigenvalue weighted by Gasteiger charge is -2.27. The van der Waals surface area contributed by atoms with Gasteiger partial charge in [0.2, 0.25) is 0 Å². The number of hydrogen-bond donors (Lipinski definition) is 0. The maximum absolute atomic E-state index is 2.74. The number of benzene rings is 2. The van der Waals surface area contributed by atoms with Gasteiger partial charge < -0.3 is 12.4 Å². The molecule has 0 saturated heterocycles. The van der Waals surface area contributed by atoms with E-state index in [1.165, 1.54) is 86.5 Å². The van der Waals surface area contributed by atoms with Crippen molar-refractivity contribution in [2.75, 3.05) is 0 Å². The fraction of sp³-hybridized carbons (Fsp3) is 0.675. The first-order chi connectivity index (χ1) is 18.9. The number of hydrogen-bond acceptors (Lipinski definition) is 0. The zero-order chi connectivity index (χ0) is 31.1. The zero-order valence-corrected chi connectivity index (χ0v) is 31.6. The highest BCUT2D eigenvalue weighted by Gasteiger charge is 2.34. The number of halogens is 1. The summed E-state index contributed by atoms with van der Waals surface area (Å²) in [5.41, 5.74) is 6.42. The first kappa shape index (κ1) is 38.9. The Morgan fingerprint density at radius 3 is 1.19 bits per heavy atom. The fourth-order valence-corrected chi connectivity index (χ4v) is 8.51. The number of rotatable bonds is 12. The highest BCUT2D eigenvalue weighted by atomic mass is 35.5. The quantitative estimate of drug-likeness (QED) is 0.166. The molecule has 238 valence electrons. The van der Waals surface area contributed by atoms with E-state index >= 15 is 0 Å². The summed E-state index contributed by atoms with van der Waals surface area (Å²) in [5.74, 6) is 2.74. The third-order valence-corrected chi connectivity index (χ3v) is 10.9. The van der Waals surface area contributed by atoms with E-state index in [1.807, 2.05) is 0 Å². The van der Waals surface area contributed by atoms with Gasteiger partial charge in [-0.1, -0.05) is 166 Å². The van der Waals surface area contributed by atoms with Gasteiger partial charge in [0.15, 0.2) is 18.2 Å². The van der Waals surface area contributed by atoms with Crippen LogP contribution >= 0.6 is 7.55 Å². The fourth-order valence-electron chi connectivity index (χ4n) is 5.63. The Labute approximate surface area is 270 Å². The molecule has 0 unspecified atom stereocenters. The van der Waals surface area contributed by atoms with Crippen molar-refractivity contribution in [2.24, 2.45) is 0 Å². The molecular weight excluding hydrogens is 547 g/mol. The van der Waals surface area contributed by atoms with Crippen molar-refractivity contribution in [3.05, 3.63) is 58.7 Å². The average Bonchev–Trinajstić information content (AvgIpc) is 2.84. The number of unbranched alkanes of at least 4 members (excludes halogenated alkanes) is 9. The van der Waals surface area contributed by atoms with E-state index in [2.05, 4.69) is 132 Å². The molecule has 0 atom stereocenters. The van der Waals surface area contributed by atoms with E-state index < -0.39 is 7.55 Å². The molecule has 0 aromatic heterocycles. The van der Waals surface area contributed by atoms with Crippen LogP contribution in [0.3, 0.4) is 0 Å². The lowest BCUT2D eigenvalue weighted by Crippen LogP contribution is -3.00. The summed E-state index contributed by atoms with van der Waals surface area (Å²) < 4.78 is 0. The molecule has 0 aliphatic heterocycles. The Hall–Kier alpha value is -1.10. The van der Waals surface area contributed by atoms with Crippen molar-refractivity contribution in [1.82, 2.24) is 0 Å². The molecule has 0 aliphatic rings. The normalized spacial score (nSPS) is 12.7. The van der Waals surface area contributed by atoms with Crippen molar-refractivity contribution >= 4 is 24.0 Å². The summed E-state index contributed by atoms with van der Waals surface area (Å²) in [6, 6.07) is 14.9. The smallest absolute Gasteiger partial charge is 0.166 e. The van der Waals surface area contributed by atoms with Gasteiger partial charge in [0, 0.05) is 17.5 Å². The summed E-state index contributed by atoms with van der Waals surface area (Å²) in [6.45, 7) is 30.8. The molecule has 0 nitrogen and oxygen atoms in total. The largest absolute Gasteiger partial charge is 1.00 e. The van der Waals surface area contributed by atoms with Gasteiger partial charge in [-0.05, 0) is 51.3 Å². The van der Waals surface area contributed by atoms with Gasteiger partial charge in [-0.25, -0.2) is 0 Å².